The Balaban J connectivity index is 2.39. The van der Waals surface area contributed by atoms with E-state index in [1.54, 1.807) is 11.3 Å². The second kappa shape index (κ2) is 10.7. The van der Waals surface area contributed by atoms with Gasteiger partial charge < -0.3 is 18.3 Å². The second-order valence-electron chi connectivity index (χ2n) is 14.3. The molecule has 0 bridgehead atoms. The van der Waals surface area contributed by atoms with E-state index in [0.29, 0.717) is 13.0 Å². The molecule has 1 aliphatic heterocycles. The summed E-state index contributed by atoms with van der Waals surface area (Å²) < 4.78 is 26.8. The molecule has 1 aromatic rings. The molecule has 1 aromatic heterocycles. The summed E-state index contributed by atoms with van der Waals surface area (Å²) in [6.45, 7) is 33.7. The Morgan fingerprint density at radius 2 is 1.64 bits per heavy atom. The quantitative estimate of drug-likeness (QED) is 0.286. The molecule has 0 radical (unpaired) electrons. The van der Waals surface area contributed by atoms with E-state index in [1.807, 2.05) is 20.8 Å². The van der Waals surface area contributed by atoms with Gasteiger partial charge in [-0.3, -0.25) is 0 Å². The first kappa shape index (κ1) is 31.9. The molecule has 0 saturated carbocycles. The third kappa shape index (κ3) is 7.84. The zero-order valence-electron chi connectivity index (χ0n) is 25.7. The molecule has 1 saturated heterocycles. The van der Waals surface area contributed by atoms with Crippen LogP contribution in [0.25, 0.3) is 6.08 Å². The van der Waals surface area contributed by atoms with E-state index >= 15 is 0 Å². The maximum absolute atomic E-state index is 7.04. The van der Waals surface area contributed by atoms with Gasteiger partial charge in [-0.15, -0.1) is 11.3 Å². The molecular weight excluding hydrogens is 503 g/mol. The fourth-order valence-electron chi connectivity index (χ4n) is 3.91. The molecule has 2 heterocycles. The van der Waals surface area contributed by atoms with Crippen molar-refractivity contribution in [2.45, 2.75) is 142 Å². The van der Waals surface area contributed by atoms with Crippen molar-refractivity contribution >= 4 is 34.0 Å². The average molecular weight is 556 g/mol. The highest BCUT2D eigenvalue weighted by Crippen LogP contribution is 2.44. The van der Waals surface area contributed by atoms with Crippen molar-refractivity contribution in [1.29, 1.82) is 0 Å². The van der Waals surface area contributed by atoms with Crippen molar-refractivity contribution in [3.05, 3.63) is 21.7 Å². The average Bonchev–Trinajstić information content (AvgIpc) is 3.17. The highest BCUT2D eigenvalue weighted by atomic mass is 32.1. The van der Waals surface area contributed by atoms with Gasteiger partial charge in [0, 0.05) is 11.8 Å². The predicted octanol–water partition coefficient (Wildman–Crippen LogP) is 8.57. The maximum atomic E-state index is 7.04. The number of rotatable bonds is 9. The first-order chi connectivity index (χ1) is 16.0. The van der Waals surface area contributed by atoms with E-state index in [9.17, 15) is 0 Å². The highest BCUT2D eigenvalue weighted by molar-refractivity contribution is 7.09. The lowest BCUT2D eigenvalue weighted by molar-refractivity contribution is -0.165. The van der Waals surface area contributed by atoms with E-state index in [1.165, 1.54) is 5.57 Å². The monoisotopic (exact) mass is 555 g/mol. The van der Waals surface area contributed by atoms with Gasteiger partial charge in [0.2, 0.25) is 0 Å². The SMILES string of the molecule is C/C(=C\c1csc(C)n1)[C@H](C[C@H]1OC(C)(C)O[C@]1(C)CO[Si](C)(C)C(C)(C)C)O[Si](C)(C)C(C)(C)C. The largest absolute Gasteiger partial charge is 0.414 e. The minimum Gasteiger partial charge on any atom is -0.414 e. The molecule has 36 heavy (non-hydrogen) atoms. The second-order valence-corrected chi connectivity index (χ2v) is 24.9. The fraction of sp³-hybridized carbons (Fsp3) is 0.821. The van der Waals surface area contributed by atoms with Crippen molar-refractivity contribution in [1.82, 2.24) is 4.98 Å². The van der Waals surface area contributed by atoms with Gasteiger partial charge in [-0.05, 0) is 82.5 Å². The standard InChI is InChI=1S/C28H53NO4SSi2/c1-20(16-22-18-34-21(2)29-22)23(32-36(14,15)26(6,7)8)17-24-28(11,33-27(9,10)31-24)19-30-35(12,13)25(3,4)5/h16,18,23-24H,17,19H2,1-15H3/b20-16+/t23-,24+,28+/m0/s1. The molecule has 3 atom stereocenters. The molecule has 0 N–H and O–H groups in total. The first-order valence-electron chi connectivity index (χ1n) is 13.3. The number of hydrogen-bond donors (Lipinski definition) is 0. The van der Waals surface area contributed by atoms with Crippen LogP contribution in [0.5, 0.6) is 0 Å². The molecule has 5 nitrogen and oxygen atoms in total. The lowest BCUT2D eigenvalue weighted by atomic mass is 9.93. The van der Waals surface area contributed by atoms with Crippen LogP contribution in [0.3, 0.4) is 0 Å². The summed E-state index contributed by atoms with van der Waals surface area (Å²) in [5.41, 5.74) is 1.60. The number of aromatic nitrogens is 1. The summed E-state index contributed by atoms with van der Waals surface area (Å²) in [6.07, 6.45) is 2.62. The van der Waals surface area contributed by atoms with Crippen molar-refractivity contribution in [3.63, 3.8) is 0 Å². The lowest BCUT2D eigenvalue weighted by Gasteiger charge is -2.42. The van der Waals surface area contributed by atoms with E-state index in [4.69, 9.17) is 18.3 Å². The number of ether oxygens (including phenoxy) is 2. The van der Waals surface area contributed by atoms with Gasteiger partial charge >= 0.3 is 0 Å². The van der Waals surface area contributed by atoms with Gasteiger partial charge in [0.25, 0.3) is 0 Å². The molecule has 0 amide bonds. The third-order valence-corrected chi connectivity index (χ3v) is 18.1. The van der Waals surface area contributed by atoms with Crippen LogP contribution in [0.1, 0.15) is 86.4 Å². The number of aryl methyl sites for hydroxylation is 1. The fourth-order valence-corrected chi connectivity index (χ4v) is 6.90. The summed E-state index contributed by atoms with van der Waals surface area (Å²) >= 11 is 1.67. The topological polar surface area (TPSA) is 49.8 Å². The summed E-state index contributed by atoms with van der Waals surface area (Å²) in [5, 5.41) is 3.41. The molecule has 1 fully saturated rings. The summed E-state index contributed by atoms with van der Waals surface area (Å²) in [5.74, 6) is -0.679. The van der Waals surface area contributed by atoms with Gasteiger partial charge in [0.1, 0.15) is 5.60 Å². The Labute approximate surface area is 227 Å². The van der Waals surface area contributed by atoms with Crippen molar-refractivity contribution in [3.8, 4) is 0 Å². The van der Waals surface area contributed by atoms with Gasteiger partial charge in [-0.1, -0.05) is 41.5 Å². The van der Waals surface area contributed by atoms with Crippen LogP contribution < -0.4 is 0 Å². The van der Waals surface area contributed by atoms with E-state index in [-0.39, 0.29) is 22.3 Å². The Bertz CT molecular complexity index is 927. The molecule has 2 rings (SSSR count). The van der Waals surface area contributed by atoms with Crippen LogP contribution in [0.15, 0.2) is 11.0 Å². The molecule has 0 unspecified atom stereocenters. The van der Waals surface area contributed by atoms with Crippen LogP contribution in [0.2, 0.25) is 36.3 Å². The summed E-state index contributed by atoms with van der Waals surface area (Å²) in [6, 6.07) is 0. The molecule has 0 aromatic carbocycles. The number of thiazole rings is 1. The van der Waals surface area contributed by atoms with Crippen LogP contribution in [0.4, 0.5) is 0 Å². The zero-order valence-corrected chi connectivity index (χ0v) is 28.5. The van der Waals surface area contributed by atoms with Gasteiger partial charge in [0.05, 0.1) is 29.5 Å². The van der Waals surface area contributed by atoms with Gasteiger partial charge in [-0.25, -0.2) is 4.98 Å². The number of hydrogen-bond acceptors (Lipinski definition) is 6. The normalized spacial score (nSPS) is 24.9. The summed E-state index contributed by atoms with van der Waals surface area (Å²) in [4.78, 5) is 4.67. The molecule has 0 aliphatic carbocycles. The van der Waals surface area contributed by atoms with E-state index in [2.05, 4.69) is 98.0 Å². The Morgan fingerprint density at radius 3 is 2.11 bits per heavy atom. The van der Waals surface area contributed by atoms with Crippen LogP contribution in [0, 0.1) is 6.92 Å². The minimum atomic E-state index is -2.05. The van der Waals surface area contributed by atoms with Crippen molar-refractivity contribution < 1.29 is 18.3 Å². The first-order valence-corrected chi connectivity index (χ1v) is 20.0. The Morgan fingerprint density at radius 1 is 1.08 bits per heavy atom. The highest BCUT2D eigenvalue weighted by Gasteiger charge is 2.53. The van der Waals surface area contributed by atoms with E-state index in [0.717, 1.165) is 10.7 Å². The van der Waals surface area contributed by atoms with Crippen molar-refractivity contribution in [2.24, 2.45) is 0 Å². The molecule has 208 valence electrons. The molecule has 8 heteroatoms. The van der Waals surface area contributed by atoms with Crippen molar-refractivity contribution in [2.75, 3.05) is 6.61 Å². The van der Waals surface area contributed by atoms with E-state index < -0.39 is 28.0 Å². The molecular formula is C28H53NO4SSi2. The number of nitrogens with zero attached hydrogens (tertiary/aromatic N) is 1. The van der Waals surface area contributed by atoms with Crippen LogP contribution in [-0.2, 0) is 18.3 Å². The van der Waals surface area contributed by atoms with Crippen LogP contribution in [-0.4, -0.2) is 51.8 Å². The van der Waals surface area contributed by atoms with Gasteiger partial charge in [-0.2, -0.15) is 0 Å². The predicted molar refractivity (Wildman–Crippen MR) is 159 cm³/mol. The molecule has 0 spiro atoms. The minimum absolute atomic E-state index is 0.0948. The zero-order chi connectivity index (χ0) is 28.0. The van der Waals surface area contributed by atoms with Gasteiger partial charge in [0.15, 0.2) is 22.4 Å². The van der Waals surface area contributed by atoms with Crippen LogP contribution >= 0.6 is 11.3 Å². The molecule has 1 aliphatic rings. The summed E-state index contributed by atoms with van der Waals surface area (Å²) in [7, 11) is -4.00. The lowest BCUT2D eigenvalue weighted by Crippen LogP contribution is -2.51. The third-order valence-electron chi connectivity index (χ3n) is 8.30. The Hall–Kier alpha value is -0.356. The smallest absolute Gasteiger partial charge is 0.192 e. The Kier molecular flexibility index (Phi) is 9.44. The maximum Gasteiger partial charge on any atom is 0.192 e.